The van der Waals surface area contributed by atoms with E-state index >= 15 is 0 Å². The highest BCUT2D eigenvalue weighted by Crippen LogP contribution is 2.30. The summed E-state index contributed by atoms with van der Waals surface area (Å²) in [6.07, 6.45) is 0.603. The van der Waals surface area contributed by atoms with E-state index in [9.17, 15) is 13.2 Å². The van der Waals surface area contributed by atoms with Gasteiger partial charge < -0.3 is 9.80 Å². The maximum atomic E-state index is 13.0. The second-order valence-electron chi connectivity index (χ2n) is 7.98. The van der Waals surface area contributed by atoms with Crippen LogP contribution in [0.3, 0.4) is 0 Å². The second kappa shape index (κ2) is 8.12. The summed E-state index contributed by atoms with van der Waals surface area (Å²) in [5.74, 6) is 0.0341. The van der Waals surface area contributed by atoms with Crippen LogP contribution in [0.15, 0.2) is 36.4 Å². The predicted molar refractivity (Wildman–Crippen MR) is 121 cm³/mol. The third-order valence-corrected chi connectivity index (χ3v) is 8.01. The summed E-state index contributed by atoms with van der Waals surface area (Å²) in [6.45, 7) is 7.40. The lowest BCUT2D eigenvalue weighted by atomic mass is 10.1. The quantitative estimate of drug-likeness (QED) is 0.722. The molecular weight excluding hydrogens is 422 g/mol. The molecule has 8 heteroatoms. The van der Waals surface area contributed by atoms with Crippen molar-refractivity contribution in [1.82, 2.24) is 4.90 Å². The Kier molecular flexibility index (Phi) is 5.68. The van der Waals surface area contributed by atoms with E-state index in [4.69, 9.17) is 11.6 Å². The van der Waals surface area contributed by atoms with Gasteiger partial charge in [0.2, 0.25) is 10.0 Å². The fraction of sp³-hybridized carbons (Fsp3) is 0.409. The molecule has 1 amide bonds. The van der Waals surface area contributed by atoms with Gasteiger partial charge in [-0.15, -0.1) is 0 Å². The summed E-state index contributed by atoms with van der Waals surface area (Å²) in [5, 5.41) is 0.288. The zero-order valence-corrected chi connectivity index (χ0v) is 18.8. The van der Waals surface area contributed by atoms with Gasteiger partial charge in [-0.05, 0) is 50.1 Å². The zero-order valence-electron chi connectivity index (χ0n) is 17.3. The maximum Gasteiger partial charge on any atom is 0.255 e. The third-order valence-electron chi connectivity index (χ3n) is 5.83. The fourth-order valence-corrected chi connectivity index (χ4v) is 6.06. The molecule has 0 spiro atoms. The smallest absolute Gasteiger partial charge is 0.255 e. The summed E-state index contributed by atoms with van der Waals surface area (Å²) >= 11 is 6.40. The molecular formula is C22H26ClN3O3S. The minimum atomic E-state index is -3.28. The van der Waals surface area contributed by atoms with E-state index in [1.165, 1.54) is 21.1 Å². The van der Waals surface area contributed by atoms with Gasteiger partial charge in [-0.3, -0.25) is 9.10 Å². The molecule has 0 bridgehead atoms. The minimum Gasteiger partial charge on any atom is -0.368 e. The summed E-state index contributed by atoms with van der Waals surface area (Å²) in [4.78, 5) is 17.1. The number of benzene rings is 2. The van der Waals surface area contributed by atoms with Crippen molar-refractivity contribution in [2.75, 3.05) is 47.7 Å². The van der Waals surface area contributed by atoms with Gasteiger partial charge >= 0.3 is 0 Å². The second-order valence-corrected chi connectivity index (χ2v) is 10.4. The first kappa shape index (κ1) is 21.0. The molecule has 2 aromatic carbocycles. The molecule has 0 unspecified atom stereocenters. The van der Waals surface area contributed by atoms with Crippen LogP contribution >= 0.6 is 11.6 Å². The molecule has 0 radical (unpaired) electrons. The topological polar surface area (TPSA) is 60.9 Å². The lowest BCUT2D eigenvalue weighted by molar-refractivity contribution is 0.0747. The number of hydrogen-bond donors (Lipinski definition) is 0. The van der Waals surface area contributed by atoms with Crippen molar-refractivity contribution >= 4 is 38.9 Å². The van der Waals surface area contributed by atoms with Crippen LogP contribution in [0, 0.1) is 13.8 Å². The first-order valence-electron chi connectivity index (χ1n) is 10.2. The number of carbonyl (C=O) groups is 1. The molecule has 0 atom stereocenters. The number of anilines is 2. The van der Waals surface area contributed by atoms with Crippen molar-refractivity contribution in [3.8, 4) is 0 Å². The van der Waals surface area contributed by atoms with Crippen LogP contribution < -0.4 is 9.21 Å². The highest BCUT2D eigenvalue weighted by Gasteiger charge is 2.30. The number of sulfonamides is 1. The van der Waals surface area contributed by atoms with Crippen molar-refractivity contribution in [1.29, 1.82) is 0 Å². The Bertz CT molecular complexity index is 1080. The van der Waals surface area contributed by atoms with Crippen molar-refractivity contribution in [3.63, 3.8) is 0 Å². The predicted octanol–water partition coefficient (Wildman–Crippen LogP) is 3.46. The molecule has 0 aliphatic carbocycles. The molecule has 2 heterocycles. The summed E-state index contributed by atoms with van der Waals surface area (Å²) < 4.78 is 25.6. The molecule has 0 saturated carbocycles. The summed E-state index contributed by atoms with van der Waals surface area (Å²) in [5.41, 5.74) is 4.63. The number of carbonyl (C=O) groups excluding carboxylic acids is 1. The number of rotatable bonds is 3. The Morgan fingerprint density at radius 2 is 1.70 bits per heavy atom. The average molecular weight is 448 g/mol. The van der Waals surface area contributed by atoms with Gasteiger partial charge in [-0.25, -0.2) is 8.42 Å². The van der Waals surface area contributed by atoms with Crippen LogP contribution in [-0.4, -0.2) is 57.7 Å². The molecule has 0 aromatic heterocycles. The van der Waals surface area contributed by atoms with E-state index in [1.807, 2.05) is 4.90 Å². The Morgan fingerprint density at radius 3 is 2.30 bits per heavy atom. The normalized spacial score (nSPS) is 18.7. The van der Waals surface area contributed by atoms with Crippen LogP contribution in [0.5, 0.6) is 0 Å². The molecule has 2 aromatic rings. The molecule has 2 fully saturated rings. The van der Waals surface area contributed by atoms with E-state index in [0.29, 0.717) is 37.3 Å². The molecule has 2 aliphatic rings. The lowest BCUT2D eigenvalue weighted by Gasteiger charge is -2.37. The Balaban J connectivity index is 1.45. The monoisotopic (exact) mass is 447 g/mol. The summed E-state index contributed by atoms with van der Waals surface area (Å²) in [6, 6.07) is 11.3. The Morgan fingerprint density at radius 1 is 0.967 bits per heavy atom. The van der Waals surface area contributed by atoms with Crippen LogP contribution in [0.4, 0.5) is 11.4 Å². The molecule has 4 rings (SSSR count). The maximum absolute atomic E-state index is 13.0. The zero-order chi connectivity index (χ0) is 21.5. The van der Waals surface area contributed by atoms with E-state index in [1.54, 1.807) is 18.2 Å². The largest absolute Gasteiger partial charge is 0.368 e. The lowest BCUT2D eigenvalue weighted by Crippen LogP contribution is -2.49. The minimum absolute atomic E-state index is 0.115. The fourth-order valence-electron chi connectivity index (χ4n) is 4.24. The molecule has 160 valence electrons. The molecule has 30 heavy (non-hydrogen) atoms. The standard InChI is InChI=1S/C22H26ClN3O3S/c1-16-4-7-21(17(2)14-16)24-9-11-25(12-10-24)22(27)19-6-5-18(15-20(19)23)26-8-3-13-30(26,28)29/h4-7,14-15H,3,8-13H2,1-2H3. The van der Waals surface area contributed by atoms with Gasteiger partial charge in [-0.2, -0.15) is 0 Å². The first-order valence-corrected chi connectivity index (χ1v) is 12.2. The van der Waals surface area contributed by atoms with Gasteiger partial charge in [0.25, 0.3) is 5.91 Å². The molecule has 2 saturated heterocycles. The van der Waals surface area contributed by atoms with Gasteiger partial charge in [0.1, 0.15) is 0 Å². The number of hydrogen-bond acceptors (Lipinski definition) is 4. The Hall–Kier alpha value is -2.25. The van der Waals surface area contributed by atoms with Crippen LogP contribution in [-0.2, 0) is 10.0 Å². The van der Waals surface area contributed by atoms with Crippen molar-refractivity contribution in [2.24, 2.45) is 0 Å². The van der Waals surface area contributed by atoms with Gasteiger partial charge in [-0.1, -0.05) is 29.3 Å². The highest BCUT2D eigenvalue weighted by atomic mass is 35.5. The van der Waals surface area contributed by atoms with E-state index in [0.717, 1.165) is 13.1 Å². The van der Waals surface area contributed by atoms with E-state index in [-0.39, 0.29) is 16.7 Å². The highest BCUT2D eigenvalue weighted by molar-refractivity contribution is 7.93. The first-order chi connectivity index (χ1) is 14.3. The van der Waals surface area contributed by atoms with Crippen molar-refractivity contribution < 1.29 is 13.2 Å². The third kappa shape index (κ3) is 4.01. The SMILES string of the molecule is Cc1ccc(N2CCN(C(=O)c3ccc(N4CCCS4(=O)=O)cc3Cl)CC2)c(C)c1. The number of amides is 1. The molecule has 6 nitrogen and oxygen atoms in total. The van der Waals surface area contributed by atoms with E-state index < -0.39 is 10.0 Å². The number of piperazine rings is 1. The Labute approximate surface area is 183 Å². The molecule has 0 N–H and O–H groups in total. The van der Waals surface area contributed by atoms with Crippen LogP contribution in [0.25, 0.3) is 0 Å². The van der Waals surface area contributed by atoms with Gasteiger partial charge in [0, 0.05) is 38.4 Å². The van der Waals surface area contributed by atoms with Crippen LogP contribution in [0.1, 0.15) is 27.9 Å². The molecule has 2 aliphatic heterocycles. The van der Waals surface area contributed by atoms with Gasteiger partial charge in [0.05, 0.1) is 22.0 Å². The number of aryl methyl sites for hydroxylation is 2. The number of halogens is 1. The summed E-state index contributed by atoms with van der Waals surface area (Å²) in [7, 11) is -3.28. The van der Waals surface area contributed by atoms with Crippen molar-refractivity contribution in [3.05, 3.63) is 58.1 Å². The van der Waals surface area contributed by atoms with Crippen LogP contribution in [0.2, 0.25) is 5.02 Å². The van der Waals surface area contributed by atoms with E-state index in [2.05, 4.69) is 36.9 Å². The number of nitrogens with zero attached hydrogens (tertiary/aromatic N) is 3. The van der Waals surface area contributed by atoms with Gasteiger partial charge in [0.15, 0.2) is 0 Å². The average Bonchev–Trinajstić information content (AvgIpc) is 3.06. The van der Waals surface area contributed by atoms with Crippen molar-refractivity contribution in [2.45, 2.75) is 20.3 Å².